The molecule has 0 fully saturated rings. The smallest absolute Gasteiger partial charge is 0.0556 e. The first kappa shape index (κ1) is 10.9. The van der Waals surface area contributed by atoms with Crippen molar-refractivity contribution in [3.8, 4) is 0 Å². The van der Waals surface area contributed by atoms with Gasteiger partial charge in [-0.25, -0.2) is 0 Å². The Kier molecular flexibility index (Phi) is 7.89. The van der Waals surface area contributed by atoms with E-state index in [4.69, 9.17) is 5.73 Å². The van der Waals surface area contributed by atoms with Crippen LogP contribution in [0.4, 0.5) is 0 Å². The average Bonchev–Trinajstić information content (AvgIpc) is 2.04. The number of rotatable bonds is 7. The second-order valence-electron chi connectivity index (χ2n) is 2.79. The molecule has 0 aliphatic carbocycles. The second kappa shape index (κ2) is 7.98. The Hall–Kier alpha value is -0.120. The molecule has 0 aromatic rings. The van der Waals surface area contributed by atoms with E-state index in [-0.39, 0.29) is 6.17 Å². The molecule has 0 amide bonds. The summed E-state index contributed by atoms with van der Waals surface area (Å²) >= 11 is 0. The van der Waals surface area contributed by atoms with Gasteiger partial charge in [-0.1, -0.05) is 13.3 Å². The fourth-order valence-electron chi connectivity index (χ4n) is 0.829. The van der Waals surface area contributed by atoms with Gasteiger partial charge >= 0.3 is 0 Å². The van der Waals surface area contributed by atoms with Crippen molar-refractivity contribution < 1.29 is 0 Å². The molecule has 0 saturated heterocycles. The van der Waals surface area contributed by atoms with Gasteiger partial charge in [0.15, 0.2) is 0 Å². The van der Waals surface area contributed by atoms with Gasteiger partial charge in [0.1, 0.15) is 0 Å². The average molecular weight is 159 g/mol. The normalized spacial score (nSPS) is 13.4. The van der Waals surface area contributed by atoms with E-state index >= 15 is 0 Å². The van der Waals surface area contributed by atoms with Crippen LogP contribution in [0.3, 0.4) is 0 Å². The van der Waals surface area contributed by atoms with E-state index in [0.29, 0.717) is 0 Å². The van der Waals surface area contributed by atoms with Gasteiger partial charge in [0, 0.05) is 0 Å². The summed E-state index contributed by atoms with van der Waals surface area (Å²) < 4.78 is 0. The number of hydrogen-bond acceptors (Lipinski definition) is 3. The van der Waals surface area contributed by atoms with E-state index in [9.17, 15) is 0 Å². The van der Waals surface area contributed by atoms with Gasteiger partial charge in [-0.15, -0.1) is 0 Å². The third-order valence-electron chi connectivity index (χ3n) is 1.71. The maximum absolute atomic E-state index is 5.64. The third kappa shape index (κ3) is 7.78. The molecular weight excluding hydrogens is 138 g/mol. The lowest BCUT2D eigenvalue weighted by atomic mass is 10.3. The van der Waals surface area contributed by atoms with Crippen molar-refractivity contribution in [3.05, 3.63) is 0 Å². The molecule has 3 heteroatoms. The largest absolute Gasteiger partial charge is 0.317 e. The highest BCUT2D eigenvalue weighted by atomic mass is 15.0. The minimum Gasteiger partial charge on any atom is -0.317 e. The summed E-state index contributed by atoms with van der Waals surface area (Å²) in [4.78, 5) is 0. The quantitative estimate of drug-likeness (QED) is 0.369. The first-order chi connectivity index (χ1) is 5.31. The monoisotopic (exact) mass is 159 g/mol. The molecule has 1 atom stereocenters. The van der Waals surface area contributed by atoms with Gasteiger partial charge in [0.2, 0.25) is 0 Å². The van der Waals surface area contributed by atoms with Gasteiger partial charge in [-0.05, 0) is 33.0 Å². The van der Waals surface area contributed by atoms with Crippen molar-refractivity contribution >= 4 is 0 Å². The Balaban J connectivity index is 2.89. The predicted octanol–water partition coefficient (Wildman–Crippen LogP) is 0.270. The number of hydrogen-bond donors (Lipinski definition) is 3. The van der Waals surface area contributed by atoms with E-state index in [1.807, 2.05) is 7.05 Å². The topological polar surface area (TPSA) is 50.1 Å². The Morgan fingerprint density at radius 1 is 1.36 bits per heavy atom. The van der Waals surface area contributed by atoms with Crippen molar-refractivity contribution in [3.63, 3.8) is 0 Å². The van der Waals surface area contributed by atoms with E-state index < -0.39 is 0 Å². The molecule has 0 heterocycles. The van der Waals surface area contributed by atoms with Crippen LogP contribution in [0.2, 0.25) is 0 Å². The molecule has 11 heavy (non-hydrogen) atoms. The molecule has 4 N–H and O–H groups in total. The number of unbranched alkanes of at least 4 members (excludes halogenated alkanes) is 1. The molecule has 68 valence electrons. The van der Waals surface area contributed by atoms with Crippen LogP contribution >= 0.6 is 0 Å². The standard InChI is InChI=1S/C8H21N3/c1-3-4-6-11-7-5-8(9)10-2/h8,10-11H,3-7,9H2,1-2H3. The summed E-state index contributed by atoms with van der Waals surface area (Å²) in [7, 11) is 1.89. The molecule has 0 spiro atoms. The fraction of sp³-hybridized carbons (Fsp3) is 1.00. The zero-order valence-corrected chi connectivity index (χ0v) is 7.69. The third-order valence-corrected chi connectivity index (χ3v) is 1.71. The van der Waals surface area contributed by atoms with Crippen LogP contribution in [0.5, 0.6) is 0 Å². The van der Waals surface area contributed by atoms with Crippen LogP contribution in [0, 0.1) is 0 Å². The summed E-state index contributed by atoms with van der Waals surface area (Å²) in [6, 6.07) is 0. The molecule has 0 radical (unpaired) electrons. The minimum absolute atomic E-state index is 0.143. The maximum atomic E-state index is 5.64. The predicted molar refractivity (Wildman–Crippen MR) is 49.4 cm³/mol. The minimum atomic E-state index is 0.143. The van der Waals surface area contributed by atoms with Crippen LogP contribution < -0.4 is 16.4 Å². The van der Waals surface area contributed by atoms with E-state index in [1.54, 1.807) is 0 Å². The first-order valence-electron chi connectivity index (χ1n) is 4.44. The molecule has 0 bridgehead atoms. The zero-order chi connectivity index (χ0) is 8.53. The molecule has 0 aliphatic rings. The van der Waals surface area contributed by atoms with Crippen molar-refractivity contribution in [1.82, 2.24) is 10.6 Å². The number of nitrogens with two attached hydrogens (primary N) is 1. The molecular formula is C8H21N3. The fourth-order valence-corrected chi connectivity index (χ4v) is 0.829. The molecule has 0 aliphatic heterocycles. The SMILES string of the molecule is CCCCNCCC(N)NC. The van der Waals surface area contributed by atoms with Gasteiger partial charge in [-0.2, -0.15) is 0 Å². The number of nitrogens with one attached hydrogen (secondary N) is 2. The maximum Gasteiger partial charge on any atom is 0.0556 e. The van der Waals surface area contributed by atoms with Crippen molar-refractivity contribution in [1.29, 1.82) is 0 Å². The molecule has 0 aromatic carbocycles. The molecule has 0 rings (SSSR count). The van der Waals surface area contributed by atoms with Crippen LogP contribution in [-0.4, -0.2) is 26.3 Å². The Labute approximate surface area is 69.7 Å². The summed E-state index contributed by atoms with van der Waals surface area (Å²) in [6.45, 7) is 4.33. The highest BCUT2D eigenvalue weighted by Crippen LogP contribution is 1.84. The summed E-state index contributed by atoms with van der Waals surface area (Å²) in [5.41, 5.74) is 5.64. The molecule has 0 aromatic heterocycles. The van der Waals surface area contributed by atoms with Crippen LogP contribution in [0.1, 0.15) is 26.2 Å². The first-order valence-corrected chi connectivity index (χ1v) is 4.44. The second-order valence-corrected chi connectivity index (χ2v) is 2.79. The van der Waals surface area contributed by atoms with E-state index in [1.165, 1.54) is 12.8 Å². The molecule has 0 saturated carbocycles. The van der Waals surface area contributed by atoms with Gasteiger partial charge < -0.3 is 16.4 Å². The summed E-state index contributed by atoms with van der Waals surface area (Å²) in [5, 5.41) is 6.33. The van der Waals surface area contributed by atoms with Crippen LogP contribution in [-0.2, 0) is 0 Å². The van der Waals surface area contributed by atoms with E-state index in [0.717, 1.165) is 19.5 Å². The summed E-state index contributed by atoms with van der Waals surface area (Å²) in [5.74, 6) is 0. The Bertz CT molecular complexity index is 75.7. The van der Waals surface area contributed by atoms with Crippen molar-refractivity contribution in [2.45, 2.75) is 32.4 Å². The van der Waals surface area contributed by atoms with Crippen molar-refractivity contribution in [2.24, 2.45) is 5.73 Å². The van der Waals surface area contributed by atoms with Gasteiger partial charge in [0.05, 0.1) is 6.17 Å². The lowest BCUT2D eigenvalue weighted by molar-refractivity contribution is 0.507. The molecule has 1 unspecified atom stereocenters. The Morgan fingerprint density at radius 3 is 2.64 bits per heavy atom. The van der Waals surface area contributed by atoms with Crippen LogP contribution in [0.15, 0.2) is 0 Å². The highest BCUT2D eigenvalue weighted by Gasteiger charge is 1.95. The highest BCUT2D eigenvalue weighted by molar-refractivity contribution is 4.57. The van der Waals surface area contributed by atoms with Gasteiger partial charge in [-0.3, -0.25) is 0 Å². The summed E-state index contributed by atoms with van der Waals surface area (Å²) in [6.07, 6.45) is 3.66. The lowest BCUT2D eigenvalue weighted by Crippen LogP contribution is -2.37. The zero-order valence-electron chi connectivity index (χ0n) is 7.69. The molecule has 3 nitrogen and oxygen atoms in total. The van der Waals surface area contributed by atoms with Gasteiger partial charge in [0.25, 0.3) is 0 Å². The lowest BCUT2D eigenvalue weighted by Gasteiger charge is -2.09. The van der Waals surface area contributed by atoms with E-state index in [2.05, 4.69) is 17.6 Å². The van der Waals surface area contributed by atoms with Crippen LogP contribution in [0.25, 0.3) is 0 Å². The van der Waals surface area contributed by atoms with Crippen molar-refractivity contribution in [2.75, 3.05) is 20.1 Å². The Morgan fingerprint density at radius 2 is 2.09 bits per heavy atom.